The summed E-state index contributed by atoms with van der Waals surface area (Å²) in [7, 11) is 0. The molecule has 1 aromatic carbocycles. The normalized spacial score (nSPS) is 11.5. The summed E-state index contributed by atoms with van der Waals surface area (Å²) >= 11 is 6.19. The highest BCUT2D eigenvalue weighted by atomic mass is 35.5. The fourth-order valence-corrected chi connectivity index (χ4v) is 2.46. The van der Waals surface area contributed by atoms with E-state index in [1.807, 2.05) is 30.3 Å². The van der Waals surface area contributed by atoms with Crippen LogP contribution < -0.4 is 0 Å². The molecule has 130 valence electrons. The molecule has 6 heteroatoms. The van der Waals surface area contributed by atoms with Crippen molar-refractivity contribution in [2.45, 2.75) is 20.0 Å². The molecule has 0 fully saturated rings. The third-order valence-electron chi connectivity index (χ3n) is 3.39. The van der Waals surface area contributed by atoms with Crippen molar-refractivity contribution in [3.8, 4) is 11.1 Å². The molecule has 1 unspecified atom stereocenters. The van der Waals surface area contributed by atoms with Gasteiger partial charge in [-0.1, -0.05) is 48.5 Å². The van der Waals surface area contributed by atoms with Crippen LogP contribution in [-0.2, 0) is 19.1 Å². The maximum absolute atomic E-state index is 12.0. The monoisotopic (exact) mass is 359 g/mol. The number of hydrogen-bond acceptors (Lipinski definition) is 5. The summed E-state index contributed by atoms with van der Waals surface area (Å²) in [5.41, 5.74) is 2.03. The second kappa shape index (κ2) is 8.44. The number of carbonyl (C=O) groups is 2. The van der Waals surface area contributed by atoms with Crippen LogP contribution in [0.25, 0.3) is 11.1 Å². The Balaban J connectivity index is 2.47. The Labute approximate surface area is 151 Å². The third-order valence-corrected chi connectivity index (χ3v) is 3.71. The van der Waals surface area contributed by atoms with Gasteiger partial charge in [-0.2, -0.15) is 0 Å². The lowest BCUT2D eigenvalue weighted by atomic mass is 10.00. The zero-order valence-corrected chi connectivity index (χ0v) is 14.7. The number of benzene rings is 1. The first-order chi connectivity index (χ1) is 11.9. The lowest BCUT2D eigenvalue weighted by molar-refractivity contribution is -0.147. The van der Waals surface area contributed by atoms with Gasteiger partial charge in [0.25, 0.3) is 0 Å². The number of esters is 2. The minimum Gasteiger partial charge on any atom is -0.463 e. The minimum absolute atomic E-state index is 0.0223. The molecule has 0 aliphatic rings. The highest BCUT2D eigenvalue weighted by molar-refractivity contribution is 6.30. The zero-order valence-electron chi connectivity index (χ0n) is 14.0. The number of carbonyl (C=O) groups excluding carboxylic acids is 2. The highest BCUT2D eigenvalue weighted by Gasteiger charge is 2.28. The molecule has 0 radical (unpaired) electrons. The molecular formula is C19H18ClNO4. The Morgan fingerprint density at radius 1 is 1.24 bits per heavy atom. The number of pyridine rings is 1. The molecular weight excluding hydrogens is 342 g/mol. The molecule has 1 atom stereocenters. The molecule has 0 saturated heterocycles. The van der Waals surface area contributed by atoms with E-state index in [2.05, 4.69) is 11.6 Å². The van der Waals surface area contributed by atoms with Crippen molar-refractivity contribution in [3.05, 3.63) is 65.5 Å². The predicted molar refractivity (Wildman–Crippen MR) is 95.0 cm³/mol. The maximum Gasteiger partial charge on any atom is 0.337 e. The summed E-state index contributed by atoms with van der Waals surface area (Å²) in [6.07, 6.45) is 0.541. The Morgan fingerprint density at radius 2 is 1.92 bits per heavy atom. The summed E-state index contributed by atoms with van der Waals surface area (Å²) in [4.78, 5) is 27.7. The quantitative estimate of drug-likeness (QED) is 0.441. The van der Waals surface area contributed by atoms with Gasteiger partial charge in [-0.15, -0.1) is 0 Å². The van der Waals surface area contributed by atoms with Gasteiger partial charge in [0.05, 0.1) is 12.2 Å². The van der Waals surface area contributed by atoms with Crippen molar-refractivity contribution >= 4 is 23.5 Å². The van der Waals surface area contributed by atoms with Crippen molar-refractivity contribution in [3.63, 3.8) is 0 Å². The van der Waals surface area contributed by atoms with E-state index in [0.29, 0.717) is 5.56 Å². The summed E-state index contributed by atoms with van der Waals surface area (Å²) in [6.45, 7) is 6.81. The average molecular weight is 360 g/mol. The molecule has 0 aliphatic heterocycles. The van der Waals surface area contributed by atoms with Crippen molar-refractivity contribution in [1.29, 1.82) is 0 Å². The fourth-order valence-electron chi connectivity index (χ4n) is 2.26. The van der Waals surface area contributed by atoms with Gasteiger partial charge in [-0.25, -0.2) is 9.78 Å². The Hall–Kier alpha value is -2.66. The second-order valence-electron chi connectivity index (χ2n) is 5.21. The largest absolute Gasteiger partial charge is 0.463 e. The zero-order chi connectivity index (χ0) is 18.4. The molecule has 0 aliphatic carbocycles. The highest BCUT2D eigenvalue weighted by Crippen LogP contribution is 2.33. The van der Waals surface area contributed by atoms with E-state index in [1.54, 1.807) is 19.2 Å². The van der Waals surface area contributed by atoms with Gasteiger partial charge in [0, 0.05) is 24.2 Å². The Morgan fingerprint density at radius 3 is 2.52 bits per heavy atom. The number of ether oxygens (including phenoxy) is 2. The third kappa shape index (κ3) is 4.67. The van der Waals surface area contributed by atoms with Crippen LogP contribution in [0.2, 0.25) is 5.15 Å². The van der Waals surface area contributed by atoms with E-state index in [4.69, 9.17) is 21.1 Å². The van der Waals surface area contributed by atoms with Crippen molar-refractivity contribution in [2.75, 3.05) is 6.61 Å². The molecule has 1 heterocycles. The van der Waals surface area contributed by atoms with Crippen LogP contribution in [0.4, 0.5) is 0 Å². The van der Waals surface area contributed by atoms with Gasteiger partial charge in [-0.3, -0.25) is 4.79 Å². The molecule has 2 aromatic rings. The van der Waals surface area contributed by atoms with Crippen LogP contribution >= 0.6 is 11.6 Å². The second-order valence-corrected chi connectivity index (χ2v) is 5.56. The first kappa shape index (κ1) is 18.7. The lowest BCUT2D eigenvalue weighted by Gasteiger charge is -2.20. The topological polar surface area (TPSA) is 65.5 Å². The van der Waals surface area contributed by atoms with Crippen LogP contribution in [0, 0.1) is 0 Å². The fraction of sp³-hybridized carbons (Fsp3) is 0.211. The summed E-state index contributed by atoms with van der Waals surface area (Å²) in [5, 5.41) is 0.122. The van der Waals surface area contributed by atoms with Crippen LogP contribution in [0.5, 0.6) is 0 Å². The maximum atomic E-state index is 12.0. The molecule has 0 N–H and O–H groups in total. The molecule has 5 nitrogen and oxygen atoms in total. The molecule has 0 bridgehead atoms. The number of hydrogen-bond donors (Lipinski definition) is 0. The van der Waals surface area contributed by atoms with Gasteiger partial charge in [-0.05, 0) is 18.6 Å². The van der Waals surface area contributed by atoms with Crippen LogP contribution in [0.3, 0.4) is 0 Å². The summed E-state index contributed by atoms with van der Waals surface area (Å²) < 4.78 is 10.2. The number of rotatable bonds is 6. The number of halogens is 1. The van der Waals surface area contributed by atoms with Crippen molar-refractivity contribution in [2.24, 2.45) is 0 Å². The minimum atomic E-state index is -1.07. The standard InChI is InChI=1S/C19H18ClNO4/c1-4-24-19(23)12(2)17(25-13(3)22)16-10-15(11-21-18(16)20)14-8-6-5-7-9-14/h5-11,17H,2,4H2,1,3H3. The summed E-state index contributed by atoms with van der Waals surface area (Å²) in [5.74, 6) is -1.23. The first-order valence-corrected chi connectivity index (χ1v) is 8.05. The molecule has 2 rings (SSSR count). The Bertz CT molecular complexity index is 789. The first-order valence-electron chi connectivity index (χ1n) is 7.68. The van der Waals surface area contributed by atoms with Gasteiger partial charge in [0.2, 0.25) is 0 Å². The van der Waals surface area contributed by atoms with E-state index in [0.717, 1.165) is 11.1 Å². The molecule has 0 amide bonds. The van der Waals surface area contributed by atoms with E-state index in [-0.39, 0.29) is 17.3 Å². The lowest BCUT2D eigenvalue weighted by Crippen LogP contribution is -2.19. The van der Waals surface area contributed by atoms with E-state index in [9.17, 15) is 9.59 Å². The molecule has 1 aromatic heterocycles. The summed E-state index contributed by atoms with van der Waals surface area (Å²) in [6, 6.07) is 11.2. The van der Waals surface area contributed by atoms with Crippen LogP contribution in [0.1, 0.15) is 25.5 Å². The van der Waals surface area contributed by atoms with Crippen LogP contribution in [-0.4, -0.2) is 23.5 Å². The van der Waals surface area contributed by atoms with Crippen LogP contribution in [0.15, 0.2) is 54.7 Å². The van der Waals surface area contributed by atoms with E-state index < -0.39 is 18.0 Å². The van der Waals surface area contributed by atoms with Gasteiger partial charge >= 0.3 is 11.9 Å². The number of aromatic nitrogens is 1. The average Bonchev–Trinajstić information content (AvgIpc) is 2.60. The number of nitrogens with zero attached hydrogens (tertiary/aromatic N) is 1. The smallest absolute Gasteiger partial charge is 0.337 e. The van der Waals surface area contributed by atoms with E-state index in [1.165, 1.54) is 6.92 Å². The van der Waals surface area contributed by atoms with Crippen molar-refractivity contribution < 1.29 is 19.1 Å². The molecule has 25 heavy (non-hydrogen) atoms. The SMILES string of the molecule is C=C(C(=O)OCC)C(OC(C)=O)c1cc(-c2ccccc2)cnc1Cl. The molecule has 0 saturated carbocycles. The van der Waals surface area contributed by atoms with Gasteiger partial charge in [0.1, 0.15) is 5.15 Å². The molecule has 0 spiro atoms. The van der Waals surface area contributed by atoms with E-state index >= 15 is 0 Å². The van der Waals surface area contributed by atoms with Crippen molar-refractivity contribution in [1.82, 2.24) is 4.98 Å². The Kier molecular flexibility index (Phi) is 6.31. The predicted octanol–water partition coefficient (Wildman–Crippen LogP) is 4.13. The van der Waals surface area contributed by atoms with Gasteiger partial charge < -0.3 is 9.47 Å². The van der Waals surface area contributed by atoms with Gasteiger partial charge in [0.15, 0.2) is 6.10 Å².